The summed E-state index contributed by atoms with van der Waals surface area (Å²) in [5, 5.41) is 2.82. The molecule has 0 fully saturated rings. The van der Waals surface area contributed by atoms with Crippen molar-refractivity contribution in [2.75, 3.05) is 29.7 Å². The Kier molecular flexibility index (Phi) is 7.33. The van der Waals surface area contributed by atoms with Crippen molar-refractivity contribution in [3.63, 3.8) is 0 Å². The second-order valence-electron chi connectivity index (χ2n) is 5.47. The van der Waals surface area contributed by atoms with E-state index >= 15 is 0 Å². The molecule has 0 saturated carbocycles. The fraction of sp³-hybridized carbons (Fsp3) is 0.278. The first kappa shape index (κ1) is 19.3. The van der Waals surface area contributed by atoms with Gasteiger partial charge in [-0.25, -0.2) is 8.42 Å². The van der Waals surface area contributed by atoms with Gasteiger partial charge in [0.05, 0.1) is 5.75 Å². The Bertz CT molecular complexity index is 792. The third-order valence-corrected chi connectivity index (χ3v) is 5.10. The SMILES string of the molecule is CS(=O)(=O)CCOc1cccc(NC(=O)CCSc2ccccc2)c1. The summed E-state index contributed by atoms with van der Waals surface area (Å²) in [4.78, 5) is 13.2. The van der Waals surface area contributed by atoms with Gasteiger partial charge in [-0.05, 0) is 24.3 Å². The van der Waals surface area contributed by atoms with Gasteiger partial charge in [-0.2, -0.15) is 0 Å². The van der Waals surface area contributed by atoms with Gasteiger partial charge in [-0.1, -0.05) is 24.3 Å². The van der Waals surface area contributed by atoms with Crippen LogP contribution in [0.4, 0.5) is 5.69 Å². The summed E-state index contributed by atoms with van der Waals surface area (Å²) in [5.41, 5.74) is 0.631. The molecule has 0 bridgehead atoms. The number of thioether (sulfide) groups is 1. The standard InChI is InChI=1S/C18H21NO4S2/c1-25(21,22)13-11-23-16-7-5-6-15(14-16)19-18(20)10-12-24-17-8-3-2-4-9-17/h2-9,14H,10-13H2,1H3,(H,19,20). The van der Waals surface area contributed by atoms with Crippen LogP contribution in [-0.2, 0) is 14.6 Å². The summed E-state index contributed by atoms with van der Waals surface area (Å²) in [6, 6.07) is 16.9. The van der Waals surface area contributed by atoms with Crippen LogP contribution in [0.1, 0.15) is 6.42 Å². The Balaban J connectivity index is 1.77. The lowest BCUT2D eigenvalue weighted by Gasteiger charge is -2.09. The maximum Gasteiger partial charge on any atom is 0.225 e. The number of hydrogen-bond donors (Lipinski definition) is 1. The molecule has 25 heavy (non-hydrogen) atoms. The topological polar surface area (TPSA) is 72.5 Å². The zero-order valence-electron chi connectivity index (χ0n) is 14.0. The van der Waals surface area contributed by atoms with E-state index in [1.54, 1.807) is 36.0 Å². The van der Waals surface area contributed by atoms with Gasteiger partial charge in [0.1, 0.15) is 12.4 Å². The van der Waals surface area contributed by atoms with Crippen LogP contribution in [0.15, 0.2) is 59.5 Å². The van der Waals surface area contributed by atoms with Crippen molar-refractivity contribution in [1.29, 1.82) is 0 Å². The van der Waals surface area contributed by atoms with Crippen LogP contribution in [-0.4, -0.2) is 38.7 Å². The van der Waals surface area contributed by atoms with Gasteiger partial charge in [0, 0.05) is 35.1 Å². The third kappa shape index (κ3) is 8.09. The minimum atomic E-state index is -3.05. The molecule has 0 aliphatic heterocycles. The number of hydrogen-bond acceptors (Lipinski definition) is 5. The lowest BCUT2D eigenvalue weighted by molar-refractivity contribution is -0.115. The molecule has 2 aromatic carbocycles. The summed E-state index contributed by atoms with van der Waals surface area (Å²) < 4.78 is 27.6. The number of sulfone groups is 1. The molecule has 2 aromatic rings. The number of nitrogens with one attached hydrogen (secondary N) is 1. The molecule has 134 valence electrons. The lowest BCUT2D eigenvalue weighted by Crippen LogP contribution is -2.13. The molecule has 0 aliphatic carbocycles. The molecule has 0 spiro atoms. The lowest BCUT2D eigenvalue weighted by atomic mass is 10.3. The van der Waals surface area contributed by atoms with E-state index in [1.807, 2.05) is 30.3 Å². The molecule has 1 amide bonds. The quantitative estimate of drug-likeness (QED) is 0.677. The van der Waals surface area contributed by atoms with E-state index in [-0.39, 0.29) is 18.3 Å². The van der Waals surface area contributed by atoms with Gasteiger partial charge in [-0.3, -0.25) is 4.79 Å². The van der Waals surface area contributed by atoms with Crippen molar-refractivity contribution in [2.24, 2.45) is 0 Å². The molecule has 7 heteroatoms. The van der Waals surface area contributed by atoms with E-state index in [4.69, 9.17) is 4.74 Å². The first-order valence-electron chi connectivity index (χ1n) is 7.81. The highest BCUT2D eigenvalue weighted by Gasteiger charge is 2.06. The van der Waals surface area contributed by atoms with E-state index < -0.39 is 9.84 Å². The average Bonchev–Trinajstić information content (AvgIpc) is 2.55. The second kappa shape index (κ2) is 9.48. The first-order chi connectivity index (χ1) is 11.9. The Hall–Kier alpha value is -1.99. The van der Waals surface area contributed by atoms with Crippen molar-refractivity contribution < 1.29 is 17.9 Å². The van der Waals surface area contributed by atoms with Crippen LogP contribution in [0.3, 0.4) is 0 Å². The second-order valence-corrected chi connectivity index (χ2v) is 8.89. The van der Waals surface area contributed by atoms with Gasteiger partial charge < -0.3 is 10.1 Å². The van der Waals surface area contributed by atoms with E-state index in [1.165, 1.54) is 6.26 Å². The Morgan fingerprint density at radius 3 is 2.60 bits per heavy atom. The molecule has 1 N–H and O–H groups in total. The molecule has 0 aliphatic rings. The number of benzene rings is 2. The minimum Gasteiger partial charge on any atom is -0.492 e. The highest BCUT2D eigenvalue weighted by Crippen LogP contribution is 2.20. The van der Waals surface area contributed by atoms with E-state index in [0.29, 0.717) is 23.6 Å². The highest BCUT2D eigenvalue weighted by molar-refractivity contribution is 7.99. The smallest absolute Gasteiger partial charge is 0.225 e. The maximum atomic E-state index is 12.0. The van der Waals surface area contributed by atoms with Crippen molar-refractivity contribution >= 4 is 33.2 Å². The monoisotopic (exact) mass is 379 g/mol. The van der Waals surface area contributed by atoms with Crippen LogP contribution < -0.4 is 10.1 Å². The fourth-order valence-corrected chi connectivity index (χ4v) is 3.24. The fourth-order valence-electron chi connectivity index (χ4n) is 1.98. The first-order valence-corrected chi connectivity index (χ1v) is 10.9. The molecule has 0 aromatic heterocycles. The number of ether oxygens (including phenoxy) is 1. The molecular weight excluding hydrogens is 358 g/mol. The van der Waals surface area contributed by atoms with Crippen LogP contribution in [0.2, 0.25) is 0 Å². The molecular formula is C18H21NO4S2. The summed E-state index contributed by atoms with van der Waals surface area (Å²) in [6.07, 6.45) is 1.57. The van der Waals surface area contributed by atoms with Gasteiger partial charge in [0.2, 0.25) is 5.91 Å². The molecule has 0 heterocycles. The van der Waals surface area contributed by atoms with E-state index in [9.17, 15) is 13.2 Å². The van der Waals surface area contributed by atoms with Crippen molar-refractivity contribution in [1.82, 2.24) is 0 Å². The average molecular weight is 380 g/mol. The predicted octanol–water partition coefficient (Wildman–Crippen LogP) is 3.23. The molecule has 5 nitrogen and oxygen atoms in total. The number of carbonyl (C=O) groups is 1. The highest BCUT2D eigenvalue weighted by atomic mass is 32.2. The van der Waals surface area contributed by atoms with E-state index in [0.717, 1.165) is 4.90 Å². The van der Waals surface area contributed by atoms with E-state index in [2.05, 4.69) is 5.32 Å². The zero-order chi connectivity index (χ0) is 18.1. The zero-order valence-corrected chi connectivity index (χ0v) is 15.6. The Labute approximate surface area is 152 Å². The molecule has 0 saturated heterocycles. The number of anilines is 1. The Morgan fingerprint density at radius 1 is 1.12 bits per heavy atom. The van der Waals surface area contributed by atoms with Crippen molar-refractivity contribution in [3.8, 4) is 5.75 Å². The van der Waals surface area contributed by atoms with Crippen LogP contribution >= 0.6 is 11.8 Å². The van der Waals surface area contributed by atoms with Gasteiger partial charge in [-0.15, -0.1) is 11.8 Å². The molecule has 2 rings (SSSR count). The normalized spacial score (nSPS) is 11.1. The molecule has 0 unspecified atom stereocenters. The molecule has 0 radical (unpaired) electrons. The molecule has 0 atom stereocenters. The van der Waals surface area contributed by atoms with Gasteiger partial charge in [0.25, 0.3) is 0 Å². The number of rotatable bonds is 9. The van der Waals surface area contributed by atoms with Crippen LogP contribution in [0, 0.1) is 0 Å². The number of carbonyl (C=O) groups excluding carboxylic acids is 1. The van der Waals surface area contributed by atoms with Gasteiger partial charge >= 0.3 is 0 Å². The number of amides is 1. The summed E-state index contributed by atoms with van der Waals surface area (Å²) in [7, 11) is -3.05. The largest absolute Gasteiger partial charge is 0.492 e. The maximum absolute atomic E-state index is 12.0. The third-order valence-electron chi connectivity index (χ3n) is 3.18. The van der Waals surface area contributed by atoms with Crippen molar-refractivity contribution in [3.05, 3.63) is 54.6 Å². The summed E-state index contributed by atoms with van der Waals surface area (Å²) >= 11 is 1.63. The summed E-state index contributed by atoms with van der Waals surface area (Å²) in [6.45, 7) is 0.0873. The van der Waals surface area contributed by atoms with Gasteiger partial charge in [0.15, 0.2) is 9.84 Å². The predicted molar refractivity (Wildman–Crippen MR) is 102 cm³/mol. The summed E-state index contributed by atoms with van der Waals surface area (Å²) in [5.74, 6) is 1.11. The minimum absolute atomic E-state index is 0.0414. The Morgan fingerprint density at radius 2 is 1.88 bits per heavy atom. The van der Waals surface area contributed by atoms with Crippen LogP contribution in [0.25, 0.3) is 0 Å². The van der Waals surface area contributed by atoms with Crippen LogP contribution in [0.5, 0.6) is 5.75 Å². The van der Waals surface area contributed by atoms with Crippen molar-refractivity contribution in [2.45, 2.75) is 11.3 Å².